The smallest absolute Gasteiger partial charge is 0.290 e. The number of anilines is 1. The summed E-state index contributed by atoms with van der Waals surface area (Å²) >= 11 is 0. The van der Waals surface area contributed by atoms with E-state index in [4.69, 9.17) is 5.73 Å². The summed E-state index contributed by atoms with van der Waals surface area (Å²) in [6.07, 6.45) is 0. The molecule has 0 amide bonds. The number of hydrogen-bond acceptors (Lipinski definition) is 2. The van der Waals surface area contributed by atoms with Gasteiger partial charge in [-0.15, -0.1) is 0 Å². The minimum absolute atomic E-state index is 0.183. The largest absolute Gasteiger partial charge is 0.392 e. The summed E-state index contributed by atoms with van der Waals surface area (Å²) in [6.45, 7) is 2.52. The summed E-state index contributed by atoms with van der Waals surface area (Å²) < 4.78 is 1.56. The number of aryl methyl sites for hydroxylation is 1. The molecule has 0 aliphatic rings. The van der Waals surface area contributed by atoms with E-state index in [1.54, 1.807) is 4.68 Å². The molecule has 3 N–H and O–H groups in total. The average molecular weight is 279 g/mol. The van der Waals surface area contributed by atoms with Gasteiger partial charge in [0.1, 0.15) is 5.69 Å². The standard InChI is InChI=1S/C17H17N3O/c1-12-7-5-6-10-14(12)11-20-17(21)15(18)16(19-20)13-8-3-2-4-9-13/h2-10,19H,11,18H2,1H3. The second-order valence-corrected chi connectivity index (χ2v) is 5.08. The number of nitrogens with two attached hydrogens (primary N) is 1. The minimum atomic E-state index is -0.183. The molecule has 0 radical (unpaired) electrons. The summed E-state index contributed by atoms with van der Waals surface area (Å²) in [6, 6.07) is 17.6. The molecule has 0 saturated heterocycles. The molecule has 0 fully saturated rings. The van der Waals surface area contributed by atoms with Crippen LogP contribution in [-0.2, 0) is 6.54 Å². The van der Waals surface area contributed by atoms with Crippen molar-refractivity contribution >= 4 is 5.69 Å². The van der Waals surface area contributed by atoms with Crippen LogP contribution >= 0.6 is 0 Å². The SMILES string of the molecule is Cc1ccccc1Cn1[nH]c(-c2ccccc2)c(N)c1=O. The Morgan fingerprint density at radius 2 is 1.71 bits per heavy atom. The number of H-pyrrole nitrogens is 1. The molecule has 4 nitrogen and oxygen atoms in total. The molecule has 0 unspecified atom stereocenters. The molecule has 1 aromatic heterocycles. The number of nitrogens with one attached hydrogen (secondary N) is 1. The van der Waals surface area contributed by atoms with Crippen LogP contribution in [0.3, 0.4) is 0 Å². The highest BCUT2D eigenvalue weighted by Gasteiger charge is 2.13. The van der Waals surface area contributed by atoms with Gasteiger partial charge in [0, 0.05) is 5.56 Å². The first-order valence-corrected chi connectivity index (χ1v) is 6.85. The molecule has 1 heterocycles. The van der Waals surface area contributed by atoms with Gasteiger partial charge in [-0.25, -0.2) is 4.68 Å². The van der Waals surface area contributed by atoms with Crippen LogP contribution in [0.4, 0.5) is 5.69 Å². The molecule has 2 aromatic carbocycles. The number of aromatic amines is 1. The molecule has 3 aromatic rings. The van der Waals surface area contributed by atoms with Crippen molar-refractivity contribution in [3.05, 3.63) is 76.1 Å². The Labute approximate surface area is 122 Å². The first kappa shape index (κ1) is 13.2. The molecule has 3 rings (SSSR count). The third-order valence-corrected chi connectivity index (χ3v) is 3.64. The number of nitrogens with zero attached hydrogens (tertiary/aromatic N) is 1. The van der Waals surface area contributed by atoms with Crippen LogP contribution in [0.25, 0.3) is 11.3 Å². The number of hydrogen-bond donors (Lipinski definition) is 2. The van der Waals surface area contributed by atoms with Crippen LogP contribution < -0.4 is 11.3 Å². The van der Waals surface area contributed by atoms with E-state index >= 15 is 0 Å². The van der Waals surface area contributed by atoms with Gasteiger partial charge >= 0.3 is 0 Å². The van der Waals surface area contributed by atoms with Gasteiger partial charge < -0.3 is 5.73 Å². The van der Waals surface area contributed by atoms with Gasteiger partial charge in [-0.2, -0.15) is 0 Å². The lowest BCUT2D eigenvalue weighted by molar-refractivity contribution is 0.664. The zero-order valence-electron chi connectivity index (χ0n) is 11.8. The molecular weight excluding hydrogens is 262 g/mol. The van der Waals surface area contributed by atoms with Gasteiger partial charge in [-0.1, -0.05) is 54.6 Å². The van der Waals surface area contributed by atoms with Crippen LogP contribution in [0.5, 0.6) is 0 Å². The zero-order valence-corrected chi connectivity index (χ0v) is 11.8. The molecule has 0 atom stereocenters. The number of rotatable bonds is 3. The predicted molar refractivity (Wildman–Crippen MR) is 85.2 cm³/mol. The quantitative estimate of drug-likeness (QED) is 0.774. The second-order valence-electron chi connectivity index (χ2n) is 5.08. The lowest BCUT2D eigenvalue weighted by Gasteiger charge is -2.05. The lowest BCUT2D eigenvalue weighted by Crippen LogP contribution is -2.19. The Balaban J connectivity index is 2.02. The third kappa shape index (κ3) is 2.48. The Morgan fingerprint density at radius 1 is 1.05 bits per heavy atom. The van der Waals surface area contributed by atoms with Crippen molar-refractivity contribution in [3.63, 3.8) is 0 Å². The van der Waals surface area contributed by atoms with Crippen molar-refractivity contribution in [3.8, 4) is 11.3 Å². The number of aromatic nitrogens is 2. The van der Waals surface area contributed by atoms with Gasteiger partial charge in [0.05, 0.1) is 12.2 Å². The fourth-order valence-electron chi connectivity index (χ4n) is 2.39. The second kappa shape index (κ2) is 5.32. The summed E-state index contributed by atoms with van der Waals surface area (Å²) in [4.78, 5) is 12.3. The summed E-state index contributed by atoms with van der Waals surface area (Å²) in [5, 5.41) is 3.12. The highest BCUT2D eigenvalue weighted by Crippen LogP contribution is 2.21. The van der Waals surface area contributed by atoms with Crippen LogP contribution in [-0.4, -0.2) is 9.78 Å². The van der Waals surface area contributed by atoms with Crippen molar-refractivity contribution in [2.45, 2.75) is 13.5 Å². The molecule has 0 bridgehead atoms. The molecule has 0 saturated carbocycles. The first-order chi connectivity index (χ1) is 10.2. The maximum Gasteiger partial charge on any atom is 0.290 e. The van der Waals surface area contributed by atoms with Crippen LogP contribution in [0.1, 0.15) is 11.1 Å². The van der Waals surface area contributed by atoms with E-state index in [-0.39, 0.29) is 11.2 Å². The van der Waals surface area contributed by atoms with Gasteiger partial charge in [-0.3, -0.25) is 9.89 Å². The minimum Gasteiger partial charge on any atom is -0.392 e. The summed E-state index contributed by atoms with van der Waals surface area (Å²) in [7, 11) is 0. The third-order valence-electron chi connectivity index (χ3n) is 3.64. The molecule has 106 valence electrons. The van der Waals surface area contributed by atoms with Crippen LogP contribution in [0.15, 0.2) is 59.4 Å². The monoisotopic (exact) mass is 279 g/mol. The van der Waals surface area contributed by atoms with Gasteiger partial charge in [0.25, 0.3) is 5.56 Å². The van der Waals surface area contributed by atoms with Crippen LogP contribution in [0.2, 0.25) is 0 Å². The van der Waals surface area contributed by atoms with Gasteiger partial charge in [0.2, 0.25) is 0 Å². The summed E-state index contributed by atoms with van der Waals surface area (Å²) in [5.74, 6) is 0. The first-order valence-electron chi connectivity index (χ1n) is 6.85. The van der Waals surface area contributed by atoms with Crippen molar-refractivity contribution in [2.75, 3.05) is 5.73 Å². The van der Waals surface area contributed by atoms with Crippen molar-refractivity contribution in [1.29, 1.82) is 0 Å². The molecular formula is C17H17N3O. The Morgan fingerprint density at radius 3 is 2.43 bits per heavy atom. The number of nitrogen functional groups attached to an aromatic ring is 1. The van der Waals surface area contributed by atoms with Crippen molar-refractivity contribution < 1.29 is 0 Å². The summed E-state index contributed by atoms with van der Waals surface area (Å²) in [5.41, 5.74) is 9.88. The molecule has 0 aliphatic heterocycles. The fourth-order valence-corrected chi connectivity index (χ4v) is 2.39. The van der Waals surface area contributed by atoms with E-state index in [2.05, 4.69) is 5.10 Å². The van der Waals surface area contributed by atoms with E-state index in [0.29, 0.717) is 12.2 Å². The van der Waals surface area contributed by atoms with E-state index in [0.717, 1.165) is 16.7 Å². The topological polar surface area (TPSA) is 63.8 Å². The predicted octanol–water partition coefficient (Wildman–Crippen LogP) is 2.78. The van der Waals surface area contributed by atoms with E-state index in [9.17, 15) is 4.79 Å². The zero-order chi connectivity index (χ0) is 14.8. The maximum atomic E-state index is 12.3. The average Bonchev–Trinajstić information content (AvgIpc) is 2.79. The highest BCUT2D eigenvalue weighted by atomic mass is 16.1. The molecule has 21 heavy (non-hydrogen) atoms. The highest BCUT2D eigenvalue weighted by molar-refractivity contribution is 5.71. The van der Waals surface area contributed by atoms with E-state index < -0.39 is 0 Å². The Hall–Kier alpha value is -2.75. The molecule has 0 spiro atoms. The molecule has 4 heteroatoms. The Kier molecular flexibility index (Phi) is 3.36. The van der Waals surface area contributed by atoms with Crippen molar-refractivity contribution in [2.24, 2.45) is 0 Å². The van der Waals surface area contributed by atoms with Crippen molar-refractivity contribution in [1.82, 2.24) is 9.78 Å². The van der Waals surface area contributed by atoms with E-state index in [1.807, 2.05) is 61.5 Å². The normalized spacial score (nSPS) is 10.7. The van der Waals surface area contributed by atoms with Gasteiger partial charge in [-0.05, 0) is 18.1 Å². The maximum absolute atomic E-state index is 12.3. The van der Waals surface area contributed by atoms with E-state index in [1.165, 1.54) is 0 Å². The molecule has 0 aliphatic carbocycles. The van der Waals surface area contributed by atoms with Gasteiger partial charge in [0.15, 0.2) is 0 Å². The number of benzene rings is 2. The Bertz CT molecular complexity index is 816. The van der Waals surface area contributed by atoms with Crippen LogP contribution in [0, 0.1) is 6.92 Å². The lowest BCUT2D eigenvalue weighted by atomic mass is 10.1. The fraction of sp³-hybridized carbons (Fsp3) is 0.118.